The Morgan fingerprint density at radius 1 is 1.10 bits per heavy atom. The summed E-state index contributed by atoms with van der Waals surface area (Å²) in [5.74, 6) is 0.228. The van der Waals surface area contributed by atoms with Crippen molar-refractivity contribution in [2.75, 3.05) is 0 Å². The van der Waals surface area contributed by atoms with Gasteiger partial charge in [-0.3, -0.25) is 10.1 Å². The molecule has 21 heavy (non-hydrogen) atoms. The van der Waals surface area contributed by atoms with Crippen molar-refractivity contribution in [2.45, 2.75) is 6.61 Å². The first-order chi connectivity index (χ1) is 9.93. The van der Waals surface area contributed by atoms with Crippen molar-refractivity contribution in [1.29, 1.82) is 0 Å². The van der Waals surface area contributed by atoms with Gasteiger partial charge in [-0.15, -0.1) is 0 Å². The molecule has 0 amide bonds. The maximum atomic E-state index is 10.7. The topological polar surface area (TPSA) is 72.6 Å². The Morgan fingerprint density at radius 2 is 1.71 bits per heavy atom. The van der Waals surface area contributed by atoms with Crippen LogP contribution in [0.15, 0.2) is 30.3 Å². The predicted molar refractivity (Wildman–Crippen MR) is 80.6 cm³/mol. The van der Waals surface area contributed by atoms with Crippen LogP contribution in [0.1, 0.15) is 5.56 Å². The number of nitro groups is 1. The number of rotatable bonds is 4. The molecular weight excluding hydrogens is 341 g/mol. The summed E-state index contributed by atoms with van der Waals surface area (Å²) in [7, 11) is 0. The van der Waals surface area contributed by atoms with Gasteiger partial charge in [0.15, 0.2) is 11.5 Å². The zero-order chi connectivity index (χ0) is 15.6. The summed E-state index contributed by atoms with van der Waals surface area (Å²) in [6.45, 7) is -0.294. The Hall–Kier alpha value is -1.53. The molecule has 2 aromatic carbocycles. The van der Waals surface area contributed by atoms with Crippen LogP contribution < -0.4 is 4.74 Å². The molecule has 0 saturated carbocycles. The van der Waals surface area contributed by atoms with Crippen molar-refractivity contribution in [3.05, 3.63) is 61.1 Å². The Bertz CT molecular complexity index is 683. The second-order valence-corrected chi connectivity index (χ2v) is 5.21. The third kappa shape index (κ3) is 3.39. The Labute approximate surface area is 134 Å². The van der Waals surface area contributed by atoms with Gasteiger partial charge in [-0.25, -0.2) is 0 Å². The predicted octanol–water partition coefficient (Wildman–Crippen LogP) is 4.84. The minimum absolute atomic E-state index is 0.0296. The van der Waals surface area contributed by atoms with Crippen molar-refractivity contribution in [3.8, 4) is 11.5 Å². The second-order valence-electron chi connectivity index (χ2n) is 3.98. The molecule has 0 aliphatic carbocycles. The molecular formula is C13H8Cl3NO4. The van der Waals surface area contributed by atoms with E-state index in [1.54, 1.807) is 18.2 Å². The lowest BCUT2D eigenvalue weighted by atomic mass is 10.2. The lowest BCUT2D eigenvalue weighted by molar-refractivity contribution is -0.384. The van der Waals surface area contributed by atoms with Gasteiger partial charge in [0.1, 0.15) is 0 Å². The molecule has 0 aliphatic heterocycles. The van der Waals surface area contributed by atoms with Crippen LogP contribution >= 0.6 is 34.8 Å². The lowest BCUT2D eigenvalue weighted by Crippen LogP contribution is -1.95. The van der Waals surface area contributed by atoms with Gasteiger partial charge in [-0.1, -0.05) is 46.9 Å². The number of nitrogens with zero attached hydrogens (tertiary/aromatic N) is 1. The highest BCUT2D eigenvalue weighted by Gasteiger charge is 2.18. The fraction of sp³-hybridized carbons (Fsp3) is 0.0769. The van der Waals surface area contributed by atoms with Crippen LogP contribution in [0, 0.1) is 10.1 Å². The number of para-hydroxylation sites is 1. The van der Waals surface area contributed by atoms with E-state index >= 15 is 0 Å². The third-order valence-electron chi connectivity index (χ3n) is 2.62. The molecule has 8 heteroatoms. The normalized spacial score (nSPS) is 10.5. The number of non-ortho nitro benzene ring substituents is 1. The summed E-state index contributed by atoms with van der Waals surface area (Å²) in [5, 5.41) is 20.2. The van der Waals surface area contributed by atoms with E-state index in [9.17, 15) is 15.2 Å². The zero-order valence-electron chi connectivity index (χ0n) is 10.3. The van der Waals surface area contributed by atoms with E-state index in [4.69, 9.17) is 39.5 Å². The van der Waals surface area contributed by atoms with Crippen molar-refractivity contribution >= 4 is 40.5 Å². The van der Waals surface area contributed by atoms with Crippen LogP contribution in [0.5, 0.6) is 11.5 Å². The van der Waals surface area contributed by atoms with Crippen molar-refractivity contribution < 1.29 is 14.8 Å². The zero-order valence-corrected chi connectivity index (χ0v) is 12.6. The molecule has 0 fully saturated rings. The molecule has 0 saturated heterocycles. The van der Waals surface area contributed by atoms with Gasteiger partial charge in [0.25, 0.3) is 5.69 Å². The Kier molecular flexibility index (Phi) is 4.90. The number of aliphatic hydroxyl groups excluding tert-OH is 1. The summed E-state index contributed by atoms with van der Waals surface area (Å²) in [6.07, 6.45) is 0. The maximum Gasteiger partial charge on any atom is 0.272 e. The number of halogens is 3. The highest BCUT2D eigenvalue weighted by Crippen LogP contribution is 2.42. The number of nitro benzene ring substituents is 1. The second kappa shape index (κ2) is 6.49. The van der Waals surface area contributed by atoms with Gasteiger partial charge >= 0.3 is 0 Å². The monoisotopic (exact) mass is 347 g/mol. The Morgan fingerprint density at radius 3 is 2.24 bits per heavy atom. The van der Waals surface area contributed by atoms with Crippen LogP contribution in [0.4, 0.5) is 5.69 Å². The van der Waals surface area contributed by atoms with E-state index in [2.05, 4.69) is 0 Å². The van der Waals surface area contributed by atoms with Gasteiger partial charge in [0, 0.05) is 17.7 Å². The first-order valence-electron chi connectivity index (χ1n) is 5.63. The van der Waals surface area contributed by atoms with Gasteiger partial charge in [0.05, 0.1) is 26.6 Å². The number of aliphatic hydroxyl groups is 1. The molecule has 110 valence electrons. The van der Waals surface area contributed by atoms with Gasteiger partial charge in [0.2, 0.25) is 0 Å². The van der Waals surface area contributed by atoms with Crippen LogP contribution in [-0.2, 0) is 6.61 Å². The van der Waals surface area contributed by atoms with E-state index in [1.807, 2.05) is 0 Å². The first-order valence-corrected chi connectivity index (χ1v) is 6.77. The van der Waals surface area contributed by atoms with Gasteiger partial charge in [-0.2, -0.15) is 0 Å². The summed E-state index contributed by atoms with van der Waals surface area (Å²) >= 11 is 17.9. The number of hydrogen-bond donors (Lipinski definition) is 1. The van der Waals surface area contributed by atoms with E-state index < -0.39 is 4.92 Å². The average molecular weight is 349 g/mol. The largest absolute Gasteiger partial charge is 0.452 e. The number of hydrogen-bond acceptors (Lipinski definition) is 4. The molecule has 0 aromatic heterocycles. The third-order valence-corrected chi connectivity index (χ3v) is 3.48. The lowest BCUT2D eigenvalue weighted by Gasteiger charge is -2.13. The maximum absolute atomic E-state index is 10.7. The first kappa shape index (κ1) is 15.9. The fourth-order valence-corrected chi connectivity index (χ4v) is 2.43. The molecule has 2 aromatic rings. The van der Waals surface area contributed by atoms with Crippen LogP contribution in [-0.4, -0.2) is 10.0 Å². The molecule has 0 unspecified atom stereocenters. The standard InChI is InChI=1S/C13H8Cl3NO4/c14-9-3-1-2-7(6-18)12(9)21-13-10(15)4-8(17(19)20)5-11(13)16/h1-5,18H,6H2. The molecule has 0 atom stereocenters. The molecule has 0 spiro atoms. The smallest absolute Gasteiger partial charge is 0.272 e. The SMILES string of the molecule is O=[N+]([O-])c1cc(Cl)c(Oc2c(Cl)cccc2CO)c(Cl)c1. The molecule has 1 N–H and O–H groups in total. The van der Waals surface area contributed by atoms with Crippen molar-refractivity contribution in [2.24, 2.45) is 0 Å². The Balaban J connectivity index is 2.48. The van der Waals surface area contributed by atoms with E-state index in [0.29, 0.717) is 5.56 Å². The molecule has 0 heterocycles. The van der Waals surface area contributed by atoms with Gasteiger partial charge < -0.3 is 9.84 Å². The average Bonchev–Trinajstić information content (AvgIpc) is 2.43. The van der Waals surface area contributed by atoms with Crippen molar-refractivity contribution in [3.63, 3.8) is 0 Å². The quantitative estimate of drug-likeness (QED) is 0.634. The summed E-state index contributed by atoms with van der Waals surface area (Å²) in [4.78, 5) is 10.1. The minimum atomic E-state index is -0.615. The van der Waals surface area contributed by atoms with Crippen LogP contribution in [0.3, 0.4) is 0 Å². The van der Waals surface area contributed by atoms with Crippen molar-refractivity contribution in [1.82, 2.24) is 0 Å². The van der Waals surface area contributed by atoms with E-state index in [0.717, 1.165) is 12.1 Å². The highest BCUT2D eigenvalue weighted by atomic mass is 35.5. The molecule has 0 radical (unpaired) electrons. The highest BCUT2D eigenvalue weighted by molar-refractivity contribution is 6.37. The number of benzene rings is 2. The van der Waals surface area contributed by atoms with Crippen LogP contribution in [0.2, 0.25) is 15.1 Å². The van der Waals surface area contributed by atoms with E-state index in [-0.39, 0.29) is 38.9 Å². The minimum Gasteiger partial charge on any atom is -0.452 e. The molecule has 2 rings (SSSR count). The van der Waals surface area contributed by atoms with E-state index in [1.165, 1.54) is 0 Å². The summed E-state index contributed by atoms with van der Waals surface area (Å²) in [6, 6.07) is 7.09. The fourth-order valence-electron chi connectivity index (χ4n) is 1.64. The van der Waals surface area contributed by atoms with Gasteiger partial charge in [-0.05, 0) is 6.07 Å². The summed E-state index contributed by atoms with van der Waals surface area (Å²) < 4.78 is 5.55. The molecule has 0 aliphatic rings. The summed E-state index contributed by atoms with van der Waals surface area (Å²) in [5.41, 5.74) is 0.187. The molecule has 0 bridgehead atoms. The van der Waals surface area contributed by atoms with Crippen LogP contribution in [0.25, 0.3) is 0 Å². The number of ether oxygens (including phenoxy) is 1. The molecule has 5 nitrogen and oxygen atoms in total.